The van der Waals surface area contributed by atoms with Crippen molar-refractivity contribution in [2.24, 2.45) is 5.92 Å². The molecule has 0 fully saturated rings. The molecule has 0 saturated carbocycles. The van der Waals surface area contributed by atoms with Crippen molar-refractivity contribution in [3.05, 3.63) is 41.0 Å². The van der Waals surface area contributed by atoms with Crippen molar-refractivity contribution < 1.29 is 4.74 Å². The third-order valence-corrected chi connectivity index (χ3v) is 3.62. The van der Waals surface area contributed by atoms with Crippen LogP contribution in [0.1, 0.15) is 59.4 Å². The lowest BCUT2D eigenvalue weighted by molar-refractivity contribution is 0.351. The highest BCUT2D eigenvalue weighted by Crippen LogP contribution is 2.25. The molecule has 1 heteroatoms. The van der Waals surface area contributed by atoms with Crippen LogP contribution >= 0.6 is 0 Å². The van der Waals surface area contributed by atoms with Gasteiger partial charge in [0.2, 0.25) is 0 Å². The van der Waals surface area contributed by atoms with Crippen LogP contribution in [0.4, 0.5) is 0 Å². The number of allylic oxidation sites excluding steroid dienone is 1. The first kappa shape index (κ1) is 17.4. The molecule has 0 aliphatic rings. The van der Waals surface area contributed by atoms with Crippen molar-refractivity contribution in [1.82, 2.24) is 0 Å². The van der Waals surface area contributed by atoms with Crippen molar-refractivity contribution in [2.45, 2.75) is 53.9 Å². The molecular weight excluding hydrogens is 256 g/mol. The summed E-state index contributed by atoms with van der Waals surface area (Å²) in [6.45, 7) is 13.4. The van der Waals surface area contributed by atoms with Crippen LogP contribution in [0, 0.1) is 17.8 Å². The zero-order valence-electron chi connectivity index (χ0n) is 14.3. The number of hydrogen-bond acceptors (Lipinski definition) is 1. The van der Waals surface area contributed by atoms with Gasteiger partial charge >= 0.3 is 0 Å². The zero-order chi connectivity index (χ0) is 15.8. The lowest BCUT2D eigenvalue weighted by Gasteiger charge is -2.15. The standard InChI is InChI=1S/C20H28O/c1-7-8-19(13-15(2)3)18-9-11-20(12-10-18)21-14-17(6)16(4)5/h9-12,15,19H,13-14H2,1-6H3. The van der Waals surface area contributed by atoms with Crippen molar-refractivity contribution >= 4 is 0 Å². The van der Waals surface area contributed by atoms with Crippen LogP contribution in [0.25, 0.3) is 0 Å². The van der Waals surface area contributed by atoms with Crippen molar-refractivity contribution in [1.29, 1.82) is 0 Å². The Morgan fingerprint density at radius 2 is 1.71 bits per heavy atom. The Morgan fingerprint density at radius 3 is 2.19 bits per heavy atom. The van der Waals surface area contributed by atoms with E-state index >= 15 is 0 Å². The molecule has 1 aromatic carbocycles. The van der Waals surface area contributed by atoms with E-state index in [0.717, 1.165) is 12.2 Å². The molecule has 0 saturated heterocycles. The Labute approximate surface area is 130 Å². The third-order valence-electron chi connectivity index (χ3n) is 3.62. The van der Waals surface area contributed by atoms with Crippen LogP contribution in [-0.4, -0.2) is 6.61 Å². The molecule has 0 bridgehead atoms. The predicted molar refractivity (Wildman–Crippen MR) is 91.6 cm³/mol. The van der Waals surface area contributed by atoms with Crippen LogP contribution in [0.3, 0.4) is 0 Å². The first-order valence-corrected chi connectivity index (χ1v) is 7.72. The minimum atomic E-state index is 0.323. The van der Waals surface area contributed by atoms with Gasteiger partial charge < -0.3 is 4.74 Å². The third kappa shape index (κ3) is 6.08. The Morgan fingerprint density at radius 1 is 1.10 bits per heavy atom. The van der Waals surface area contributed by atoms with Gasteiger partial charge in [-0.25, -0.2) is 0 Å². The maximum absolute atomic E-state index is 5.81. The average molecular weight is 284 g/mol. The maximum atomic E-state index is 5.81. The second-order valence-corrected chi connectivity index (χ2v) is 6.21. The van der Waals surface area contributed by atoms with E-state index in [1.54, 1.807) is 0 Å². The highest BCUT2D eigenvalue weighted by Gasteiger charge is 2.10. The predicted octanol–water partition coefficient (Wildman–Crippen LogP) is 5.57. The highest BCUT2D eigenvalue weighted by molar-refractivity contribution is 5.33. The van der Waals surface area contributed by atoms with Gasteiger partial charge in [-0.1, -0.05) is 37.5 Å². The average Bonchev–Trinajstić information content (AvgIpc) is 2.44. The molecule has 0 radical (unpaired) electrons. The molecule has 0 spiro atoms. The van der Waals surface area contributed by atoms with E-state index in [0.29, 0.717) is 18.4 Å². The van der Waals surface area contributed by atoms with Gasteiger partial charge in [-0.2, -0.15) is 0 Å². The SMILES string of the molecule is CC#CC(CC(C)C)c1ccc(OCC(C)=C(C)C)cc1. The monoisotopic (exact) mass is 284 g/mol. The lowest BCUT2D eigenvalue weighted by Crippen LogP contribution is -2.02. The first-order valence-electron chi connectivity index (χ1n) is 7.72. The topological polar surface area (TPSA) is 9.23 Å². The summed E-state index contributed by atoms with van der Waals surface area (Å²) in [5.41, 5.74) is 3.89. The van der Waals surface area contributed by atoms with E-state index in [2.05, 4.69) is 70.7 Å². The van der Waals surface area contributed by atoms with E-state index < -0.39 is 0 Å². The molecule has 0 N–H and O–H groups in total. The molecule has 21 heavy (non-hydrogen) atoms. The smallest absolute Gasteiger partial charge is 0.119 e. The van der Waals surface area contributed by atoms with Crippen molar-refractivity contribution in [3.63, 3.8) is 0 Å². The van der Waals surface area contributed by atoms with Gasteiger partial charge in [0.05, 0.1) is 0 Å². The van der Waals surface area contributed by atoms with E-state index in [1.165, 1.54) is 16.7 Å². The summed E-state index contributed by atoms with van der Waals surface area (Å²) in [6.07, 6.45) is 1.10. The molecular formula is C20H28O. The van der Waals surface area contributed by atoms with Crippen LogP contribution in [0.2, 0.25) is 0 Å². The largest absolute Gasteiger partial charge is 0.489 e. The van der Waals surface area contributed by atoms with Gasteiger partial charge in [-0.3, -0.25) is 0 Å². The molecule has 0 heterocycles. The molecule has 1 nitrogen and oxygen atoms in total. The molecule has 0 aliphatic carbocycles. The fraction of sp³-hybridized carbons (Fsp3) is 0.500. The van der Waals surface area contributed by atoms with Gasteiger partial charge in [-0.15, -0.1) is 5.92 Å². The van der Waals surface area contributed by atoms with Crippen LogP contribution in [0.5, 0.6) is 5.75 Å². The lowest BCUT2D eigenvalue weighted by atomic mass is 9.91. The fourth-order valence-corrected chi connectivity index (χ4v) is 2.06. The Bertz CT molecular complexity index is 519. The van der Waals surface area contributed by atoms with Gasteiger partial charge in [0.1, 0.15) is 12.4 Å². The number of rotatable bonds is 6. The zero-order valence-corrected chi connectivity index (χ0v) is 14.3. The van der Waals surface area contributed by atoms with Crippen molar-refractivity contribution in [3.8, 4) is 17.6 Å². The molecule has 1 aromatic rings. The maximum Gasteiger partial charge on any atom is 0.119 e. The van der Waals surface area contributed by atoms with E-state index in [1.807, 2.05) is 6.92 Å². The summed E-state index contributed by atoms with van der Waals surface area (Å²) in [5.74, 6) is 8.26. The summed E-state index contributed by atoms with van der Waals surface area (Å²) in [7, 11) is 0. The summed E-state index contributed by atoms with van der Waals surface area (Å²) < 4.78 is 5.81. The fourth-order valence-electron chi connectivity index (χ4n) is 2.06. The normalized spacial score (nSPS) is 11.6. The van der Waals surface area contributed by atoms with Gasteiger partial charge in [-0.05, 0) is 63.3 Å². The van der Waals surface area contributed by atoms with E-state index in [9.17, 15) is 0 Å². The molecule has 114 valence electrons. The number of benzene rings is 1. The second-order valence-electron chi connectivity index (χ2n) is 6.21. The van der Waals surface area contributed by atoms with Gasteiger partial charge in [0, 0.05) is 5.92 Å². The van der Waals surface area contributed by atoms with Crippen LogP contribution < -0.4 is 4.74 Å². The summed E-state index contributed by atoms with van der Waals surface area (Å²) >= 11 is 0. The molecule has 0 amide bonds. The molecule has 1 rings (SSSR count). The minimum absolute atomic E-state index is 0.323. The number of ether oxygens (including phenoxy) is 1. The second kappa shape index (κ2) is 8.57. The number of hydrogen-bond donors (Lipinski definition) is 0. The highest BCUT2D eigenvalue weighted by atomic mass is 16.5. The van der Waals surface area contributed by atoms with Crippen LogP contribution in [-0.2, 0) is 0 Å². The molecule has 1 unspecified atom stereocenters. The van der Waals surface area contributed by atoms with E-state index in [4.69, 9.17) is 4.74 Å². The van der Waals surface area contributed by atoms with Crippen molar-refractivity contribution in [2.75, 3.05) is 6.61 Å². The Kier molecular flexibility index (Phi) is 7.09. The summed E-state index contributed by atoms with van der Waals surface area (Å²) in [5, 5.41) is 0. The Balaban J connectivity index is 2.75. The van der Waals surface area contributed by atoms with Gasteiger partial charge in [0.15, 0.2) is 0 Å². The summed E-state index contributed by atoms with van der Waals surface area (Å²) in [6, 6.07) is 8.39. The van der Waals surface area contributed by atoms with Crippen LogP contribution in [0.15, 0.2) is 35.4 Å². The quantitative estimate of drug-likeness (QED) is 0.490. The first-order chi connectivity index (χ1) is 9.93. The molecule has 1 atom stereocenters. The minimum Gasteiger partial charge on any atom is -0.489 e. The summed E-state index contributed by atoms with van der Waals surface area (Å²) in [4.78, 5) is 0. The Hall–Kier alpha value is -1.68. The van der Waals surface area contributed by atoms with E-state index in [-0.39, 0.29) is 0 Å². The molecule has 0 aromatic heterocycles. The van der Waals surface area contributed by atoms with Gasteiger partial charge in [0.25, 0.3) is 0 Å². The molecule has 0 aliphatic heterocycles.